The standard InChI is InChI=1S/C25H23FO4/c1-17(2)25(28)30-13-12-29-24-14-18(16-27)8-10-22(24)20-9-11-21(23(26)15-20)19-6-4-3-5-7-19/h3-11,14-15,27H,1,12-13,16H2,2H3. The molecule has 0 spiro atoms. The normalized spacial score (nSPS) is 10.5. The molecule has 0 aliphatic heterocycles. The maximum atomic E-state index is 14.8. The molecule has 0 unspecified atom stereocenters. The Kier molecular flexibility index (Phi) is 6.99. The lowest BCUT2D eigenvalue weighted by molar-refractivity contribution is -0.139. The Hall–Kier alpha value is -3.44. The van der Waals surface area contributed by atoms with Gasteiger partial charge in [0.2, 0.25) is 0 Å². The van der Waals surface area contributed by atoms with Crippen LogP contribution in [-0.4, -0.2) is 24.3 Å². The number of carbonyl (C=O) groups is 1. The Balaban J connectivity index is 1.83. The van der Waals surface area contributed by atoms with Crippen LogP contribution in [0.5, 0.6) is 5.75 Å². The molecule has 0 aromatic heterocycles. The number of rotatable bonds is 8. The van der Waals surface area contributed by atoms with Crippen LogP contribution in [0.25, 0.3) is 22.3 Å². The molecule has 0 saturated heterocycles. The second kappa shape index (κ2) is 9.85. The Morgan fingerprint density at radius 2 is 1.70 bits per heavy atom. The summed E-state index contributed by atoms with van der Waals surface area (Å²) < 4.78 is 25.6. The first-order chi connectivity index (χ1) is 14.5. The summed E-state index contributed by atoms with van der Waals surface area (Å²) in [6.45, 7) is 5.11. The van der Waals surface area contributed by atoms with Gasteiger partial charge in [0, 0.05) is 16.7 Å². The van der Waals surface area contributed by atoms with E-state index in [1.165, 1.54) is 6.07 Å². The molecular formula is C25H23FO4. The lowest BCUT2D eigenvalue weighted by Gasteiger charge is -2.14. The van der Waals surface area contributed by atoms with Gasteiger partial charge in [0.05, 0.1) is 6.61 Å². The molecule has 0 aliphatic rings. The highest BCUT2D eigenvalue weighted by molar-refractivity contribution is 5.86. The van der Waals surface area contributed by atoms with E-state index in [2.05, 4.69) is 6.58 Å². The number of carbonyl (C=O) groups excluding carboxylic acids is 1. The maximum absolute atomic E-state index is 14.8. The number of ether oxygens (including phenoxy) is 2. The van der Waals surface area contributed by atoms with Crippen LogP contribution in [0.3, 0.4) is 0 Å². The minimum atomic E-state index is -0.485. The molecule has 5 heteroatoms. The molecular weight excluding hydrogens is 383 g/mol. The van der Waals surface area contributed by atoms with Gasteiger partial charge in [0.1, 0.15) is 24.8 Å². The molecule has 0 fully saturated rings. The van der Waals surface area contributed by atoms with E-state index in [0.29, 0.717) is 33.6 Å². The summed E-state index contributed by atoms with van der Waals surface area (Å²) in [5.41, 5.74) is 3.61. The minimum Gasteiger partial charge on any atom is -0.489 e. The smallest absolute Gasteiger partial charge is 0.333 e. The molecule has 0 heterocycles. The third-order valence-corrected chi connectivity index (χ3v) is 4.52. The Bertz CT molecular complexity index is 1040. The average molecular weight is 406 g/mol. The summed E-state index contributed by atoms with van der Waals surface area (Å²) in [5.74, 6) is -0.354. The highest BCUT2D eigenvalue weighted by Gasteiger charge is 2.12. The first-order valence-electron chi connectivity index (χ1n) is 9.54. The van der Waals surface area contributed by atoms with Gasteiger partial charge in [-0.1, -0.05) is 61.2 Å². The van der Waals surface area contributed by atoms with Gasteiger partial charge in [-0.25, -0.2) is 9.18 Å². The van der Waals surface area contributed by atoms with E-state index < -0.39 is 5.97 Å². The number of hydrogen-bond acceptors (Lipinski definition) is 4. The highest BCUT2D eigenvalue weighted by atomic mass is 19.1. The molecule has 0 amide bonds. The van der Waals surface area contributed by atoms with Crippen LogP contribution < -0.4 is 4.74 Å². The third kappa shape index (κ3) is 5.13. The lowest BCUT2D eigenvalue weighted by atomic mass is 9.98. The predicted octanol–water partition coefficient (Wildman–Crippen LogP) is 5.15. The van der Waals surface area contributed by atoms with Gasteiger partial charge in [0.15, 0.2) is 0 Å². The van der Waals surface area contributed by atoms with Crippen molar-refractivity contribution in [2.75, 3.05) is 13.2 Å². The van der Waals surface area contributed by atoms with Crippen molar-refractivity contribution in [1.82, 2.24) is 0 Å². The van der Waals surface area contributed by atoms with Crippen molar-refractivity contribution in [3.05, 3.63) is 90.3 Å². The number of esters is 1. The Labute approximate surface area is 175 Å². The van der Waals surface area contributed by atoms with Gasteiger partial charge in [0.25, 0.3) is 0 Å². The van der Waals surface area contributed by atoms with Crippen molar-refractivity contribution in [3.63, 3.8) is 0 Å². The van der Waals surface area contributed by atoms with E-state index >= 15 is 0 Å². The van der Waals surface area contributed by atoms with Crippen molar-refractivity contribution < 1.29 is 23.8 Å². The van der Waals surface area contributed by atoms with Crippen LogP contribution in [0.4, 0.5) is 4.39 Å². The fraction of sp³-hybridized carbons (Fsp3) is 0.160. The third-order valence-electron chi connectivity index (χ3n) is 4.52. The molecule has 3 aromatic rings. The topological polar surface area (TPSA) is 55.8 Å². The van der Waals surface area contributed by atoms with Gasteiger partial charge in [-0.3, -0.25) is 0 Å². The molecule has 0 saturated carbocycles. The maximum Gasteiger partial charge on any atom is 0.333 e. The van der Waals surface area contributed by atoms with E-state index in [0.717, 1.165) is 5.56 Å². The summed E-state index contributed by atoms with van der Waals surface area (Å²) in [5, 5.41) is 9.44. The first-order valence-corrected chi connectivity index (χ1v) is 9.54. The van der Waals surface area contributed by atoms with Crippen molar-refractivity contribution in [3.8, 4) is 28.0 Å². The van der Waals surface area contributed by atoms with Crippen LogP contribution in [0.1, 0.15) is 12.5 Å². The second-order valence-electron chi connectivity index (χ2n) is 6.81. The molecule has 0 bridgehead atoms. The minimum absolute atomic E-state index is 0.0514. The fourth-order valence-corrected chi connectivity index (χ4v) is 2.97. The van der Waals surface area contributed by atoms with Gasteiger partial charge < -0.3 is 14.6 Å². The number of benzene rings is 3. The fourth-order valence-electron chi connectivity index (χ4n) is 2.97. The molecule has 0 aliphatic carbocycles. The van der Waals surface area contributed by atoms with Crippen LogP contribution in [-0.2, 0) is 16.1 Å². The summed E-state index contributed by atoms with van der Waals surface area (Å²) in [6, 6.07) is 19.6. The Morgan fingerprint density at radius 3 is 2.37 bits per heavy atom. The zero-order chi connectivity index (χ0) is 21.5. The van der Waals surface area contributed by atoms with E-state index in [9.17, 15) is 14.3 Å². The molecule has 30 heavy (non-hydrogen) atoms. The van der Waals surface area contributed by atoms with E-state index in [-0.39, 0.29) is 25.6 Å². The lowest BCUT2D eigenvalue weighted by Crippen LogP contribution is -2.12. The molecule has 0 atom stereocenters. The number of aliphatic hydroxyl groups is 1. The monoisotopic (exact) mass is 406 g/mol. The number of aliphatic hydroxyl groups excluding tert-OH is 1. The SMILES string of the molecule is C=C(C)C(=O)OCCOc1cc(CO)ccc1-c1ccc(-c2ccccc2)c(F)c1. The largest absolute Gasteiger partial charge is 0.489 e. The molecule has 154 valence electrons. The summed E-state index contributed by atoms with van der Waals surface area (Å²) >= 11 is 0. The summed E-state index contributed by atoms with van der Waals surface area (Å²) in [7, 11) is 0. The van der Waals surface area contributed by atoms with Crippen LogP contribution in [0.2, 0.25) is 0 Å². The van der Waals surface area contributed by atoms with Crippen molar-refractivity contribution in [1.29, 1.82) is 0 Å². The Morgan fingerprint density at radius 1 is 0.967 bits per heavy atom. The van der Waals surface area contributed by atoms with E-state index in [1.807, 2.05) is 36.4 Å². The summed E-state index contributed by atoms with van der Waals surface area (Å²) in [4.78, 5) is 11.5. The van der Waals surface area contributed by atoms with Crippen molar-refractivity contribution >= 4 is 5.97 Å². The van der Waals surface area contributed by atoms with Crippen molar-refractivity contribution in [2.45, 2.75) is 13.5 Å². The summed E-state index contributed by atoms with van der Waals surface area (Å²) in [6.07, 6.45) is 0. The average Bonchev–Trinajstić information content (AvgIpc) is 2.76. The highest BCUT2D eigenvalue weighted by Crippen LogP contribution is 2.34. The van der Waals surface area contributed by atoms with Crippen LogP contribution >= 0.6 is 0 Å². The number of halogens is 1. The van der Waals surface area contributed by atoms with E-state index in [4.69, 9.17) is 9.47 Å². The molecule has 1 N–H and O–H groups in total. The zero-order valence-corrected chi connectivity index (χ0v) is 16.7. The van der Waals surface area contributed by atoms with Gasteiger partial charge in [-0.05, 0) is 35.7 Å². The molecule has 3 aromatic carbocycles. The second-order valence-corrected chi connectivity index (χ2v) is 6.81. The van der Waals surface area contributed by atoms with Crippen LogP contribution in [0, 0.1) is 5.82 Å². The predicted molar refractivity (Wildman–Crippen MR) is 114 cm³/mol. The van der Waals surface area contributed by atoms with Gasteiger partial charge in [-0.15, -0.1) is 0 Å². The molecule has 4 nitrogen and oxygen atoms in total. The van der Waals surface area contributed by atoms with Gasteiger partial charge >= 0.3 is 5.97 Å². The zero-order valence-electron chi connectivity index (χ0n) is 16.7. The van der Waals surface area contributed by atoms with Crippen LogP contribution in [0.15, 0.2) is 78.9 Å². The van der Waals surface area contributed by atoms with Gasteiger partial charge in [-0.2, -0.15) is 0 Å². The molecule has 3 rings (SSSR count). The van der Waals surface area contributed by atoms with E-state index in [1.54, 1.807) is 31.2 Å². The quantitative estimate of drug-likeness (QED) is 0.319. The first kappa shape index (κ1) is 21.3. The van der Waals surface area contributed by atoms with Crippen molar-refractivity contribution in [2.24, 2.45) is 0 Å². The molecule has 0 radical (unpaired) electrons. The number of hydrogen-bond donors (Lipinski definition) is 1.